The number of aromatic nitrogens is 2. The Labute approximate surface area is 105 Å². The fraction of sp³-hybridized carbons (Fsp3) is 0.154. The summed E-state index contributed by atoms with van der Waals surface area (Å²) >= 11 is 0. The molecule has 92 valence electrons. The first-order chi connectivity index (χ1) is 8.66. The molecule has 2 rings (SSSR count). The van der Waals surface area contributed by atoms with Crippen molar-refractivity contribution in [1.82, 2.24) is 9.97 Å². The van der Waals surface area contributed by atoms with Gasteiger partial charge >= 0.3 is 0 Å². The van der Waals surface area contributed by atoms with E-state index in [1.807, 2.05) is 30.3 Å². The van der Waals surface area contributed by atoms with Crippen LogP contribution in [0.4, 0.5) is 5.69 Å². The first-order valence-corrected chi connectivity index (χ1v) is 5.61. The Hall–Kier alpha value is -2.27. The van der Waals surface area contributed by atoms with E-state index in [2.05, 4.69) is 15.3 Å². The molecule has 5 nitrogen and oxygen atoms in total. The lowest BCUT2D eigenvalue weighted by atomic mass is 10.2. The van der Waals surface area contributed by atoms with Gasteiger partial charge in [-0.15, -0.1) is 0 Å². The van der Waals surface area contributed by atoms with Crippen LogP contribution in [0.15, 0.2) is 42.7 Å². The summed E-state index contributed by atoms with van der Waals surface area (Å²) in [7, 11) is 0. The summed E-state index contributed by atoms with van der Waals surface area (Å²) in [5, 5.41) is 2.63. The SMILES string of the molecule is C[C@H](N)C(=O)Nc1cnc(-c2ccccc2)nc1. The van der Waals surface area contributed by atoms with Crippen molar-refractivity contribution in [1.29, 1.82) is 0 Å². The molecule has 0 saturated heterocycles. The summed E-state index contributed by atoms with van der Waals surface area (Å²) in [6.07, 6.45) is 3.13. The van der Waals surface area contributed by atoms with Gasteiger partial charge in [0.05, 0.1) is 24.1 Å². The number of carbonyl (C=O) groups is 1. The maximum Gasteiger partial charge on any atom is 0.241 e. The van der Waals surface area contributed by atoms with Gasteiger partial charge in [0.15, 0.2) is 5.82 Å². The highest BCUT2D eigenvalue weighted by molar-refractivity contribution is 5.94. The van der Waals surface area contributed by atoms with Crippen molar-refractivity contribution in [3.05, 3.63) is 42.7 Å². The minimum atomic E-state index is -0.557. The topological polar surface area (TPSA) is 80.9 Å². The summed E-state index contributed by atoms with van der Waals surface area (Å²) in [6, 6.07) is 9.07. The van der Waals surface area contributed by atoms with Crippen LogP contribution in [0.2, 0.25) is 0 Å². The number of rotatable bonds is 3. The Morgan fingerprint density at radius 1 is 1.22 bits per heavy atom. The highest BCUT2D eigenvalue weighted by Crippen LogP contribution is 2.14. The van der Waals surface area contributed by atoms with Gasteiger partial charge in [-0.3, -0.25) is 4.79 Å². The highest BCUT2D eigenvalue weighted by Gasteiger charge is 2.08. The standard InChI is InChI=1S/C13H14N4O/c1-9(14)13(18)17-11-7-15-12(16-8-11)10-5-3-2-4-6-10/h2-9H,14H2,1H3,(H,17,18)/t9-/m0/s1. The molecule has 5 heteroatoms. The first kappa shape index (κ1) is 12.2. The van der Waals surface area contributed by atoms with Gasteiger partial charge in [-0.1, -0.05) is 30.3 Å². The molecule has 0 saturated carbocycles. The molecule has 3 N–H and O–H groups in total. The van der Waals surface area contributed by atoms with Gasteiger partial charge in [0.2, 0.25) is 5.91 Å². The minimum Gasteiger partial charge on any atom is -0.322 e. The Morgan fingerprint density at radius 3 is 2.39 bits per heavy atom. The second-order valence-corrected chi connectivity index (χ2v) is 3.94. The largest absolute Gasteiger partial charge is 0.322 e. The van der Waals surface area contributed by atoms with E-state index in [9.17, 15) is 4.79 Å². The number of hydrogen-bond donors (Lipinski definition) is 2. The predicted molar refractivity (Wildman–Crippen MR) is 69.7 cm³/mol. The average Bonchev–Trinajstić information content (AvgIpc) is 2.40. The van der Waals surface area contributed by atoms with Gasteiger partial charge in [0, 0.05) is 5.56 Å². The lowest BCUT2D eigenvalue weighted by Gasteiger charge is -2.07. The smallest absolute Gasteiger partial charge is 0.241 e. The van der Waals surface area contributed by atoms with Crippen molar-refractivity contribution in [3.63, 3.8) is 0 Å². The molecule has 2 aromatic rings. The molecule has 0 bridgehead atoms. The van der Waals surface area contributed by atoms with Crippen LogP contribution in [0.25, 0.3) is 11.4 Å². The van der Waals surface area contributed by atoms with Gasteiger partial charge in [0.1, 0.15) is 0 Å². The number of hydrogen-bond acceptors (Lipinski definition) is 4. The number of benzene rings is 1. The zero-order valence-corrected chi connectivity index (χ0v) is 10.00. The van der Waals surface area contributed by atoms with Crippen molar-refractivity contribution in [2.75, 3.05) is 5.32 Å². The predicted octanol–water partition coefficient (Wildman–Crippen LogP) is 1.43. The summed E-state index contributed by atoms with van der Waals surface area (Å²) in [5.74, 6) is 0.362. The summed E-state index contributed by atoms with van der Waals surface area (Å²) < 4.78 is 0. The Kier molecular flexibility index (Phi) is 3.64. The fourth-order valence-corrected chi connectivity index (χ4v) is 1.38. The summed E-state index contributed by atoms with van der Waals surface area (Å²) in [6.45, 7) is 1.62. The molecule has 1 heterocycles. The van der Waals surface area contributed by atoms with Gasteiger partial charge in [-0.2, -0.15) is 0 Å². The second-order valence-electron chi connectivity index (χ2n) is 3.94. The van der Waals surface area contributed by atoms with Gasteiger partial charge < -0.3 is 11.1 Å². The quantitative estimate of drug-likeness (QED) is 0.853. The number of anilines is 1. The van der Waals surface area contributed by atoms with Crippen LogP contribution in [-0.4, -0.2) is 21.9 Å². The Morgan fingerprint density at radius 2 is 1.83 bits per heavy atom. The van der Waals surface area contributed by atoms with E-state index in [4.69, 9.17) is 5.73 Å². The molecular formula is C13H14N4O. The van der Waals surface area contributed by atoms with Crippen LogP contribution in [0, 0.1) is 0 Å². The third-order valence-electron chi connectivity index (χ3n) is 2.36. The molecular weight excluding hydrogens is 228 g/mol. The number of nitrogens with one attached hydrogen (secondary N) is 1. The lowest BCUT2D eigenvalue weighted by Crippen LogP contribution is -2.32. The van der Waals surface area contributed by atoms with Crippen molar-refractivity contribution in [2.45, 2.75) is 13.0 Å². The number of carbonyl (C=O) groups excluding carboxylic acids is 1. The van der Waals surface area contributed by atoms with E-state index in [0.29, 0.717) is 11.5 Å². The van der Waals surface area contributed by atoms with E-state index < -0.39 is 6.04 Å². The van der Waals surface area contributed by atoms with Gasteiger partial charge in [0.25, 0.3) is 0 Å². The van der Waals surface area contributed by atoms with E-state index >= 15 is 0 Å². The molecule has 0 fully saturated rings. The monoisotopic (exact) mass is 242 g/mol. The third kappa shape index (κ3) is 2.89. The molecule has 1 aromatic carbocycles. The average molecular weight is 242 g/mol. The molecule has 1 atom stereocenters. The van der Waals surface area contributed by atoms with E-state index in [-0.39, 0.29) is 5.91 Å². The van der Waals surface area contributed by atoms with E-state index in [1.54, 1.807) is 19.3 Å². The molecule has 1 aromatic heterocycles. The molecule has 0 spiro atoms. The first-order valence-electron chi connectivity index (χ1n) is 5.61. The number of nitrogens with two attached hydrogens (primary N) is 1. The molecule has 0 aliphatic heterocycles. The van der Waals surface area contributed by atoms with Crippen LogP contribution in [0.1, 0.15) is 6.92 Å². The van der Waals surface area contributed by atoms with Crippen LogP contribution in [0.5, 0.6) is 0 Å². The van der Waals surface area contributed by atoms with Crippen molar-refractivity contribution in [3.8, 4) is 11.4 Å². The van der Waals surface area contributed by atoms with Gasteiger partial charge in [-0.25, -0.2) is 9.97 Å². The fourth-order valence-electron chi connectivity index (χ4n) is 1.38. The molecule has 0 unspecified atom stereocenters. The second kappa shape index (κ2) is 5.37. The molecule has 0 aliphatic carbocycles. The maximum atomic E-state index is 11.4. The minimum absolute atomic E-state index is 0.258. The molecule has 0 radical (unpaired) electrons. The highest BCUT2D eigenvalue weighted by atomic mass is 16.2. The van der Waals surface area contributed by atoms with E-state index in [1.165, 1.54) is 0 Å². The van der Waals surface area contributed by atoms with Gasteiger partial charge in [-0.05, 0) is 6.92 Å². The molecule has 0 aliphatic rings. The normalized spacial score (nSPS) is 11.9. The zero-order chi connectivity index (χ0) is 13.0. The summed E-state index contributed by atoms with van der Waals surface area (Å²) in [4.78, 5) is 19.8. The lowest BCUT2D eigenvalue weighted by molar-refractivity contribution is -0.117. The zero-order valence-electron chi connectivity index (χ0n) is 10.00. The summed E-state index contributed by atoms with van der Waals surface area (Å²) in [5.41, 5.74) is 6.92. The maximum absolute atomic E-state index is 11.4. The van der Waals surface area contributed by atoms with Crippen LogP contribution in [-0.2, 0) is 4.79 Å². The van der Waals surface area contributed by atoms with Crippen LogP contribution < -0.4 is 11.1 Å². The van der Waals surface area contributed by atoms with Crippen molar-refractivity contribution >= 4 is 11.6 Å². The number of amides is 1. The van der Waals surface area contributed by atoms with Crippen LogP contribution >= 0.6 is 0 Å². The van der Waals surface area contributed by atoms with E-state index in [0.717, 1.165) is 5.56 Å². The third-order valence-corrected chi connectivity index (χ3v) is 2.36. The van der Waals surface area contributed by atoms with Crippen molar-refractivity contribution in [2.24, 2.45) is 5.73 Å². The van der Waals surface area contributed by atoms with Crippen LogP contribution in [0.3, 0.4) is 0 Å². The molecule has 1 amide bonds. The van der Waals surface area contributed by atoms with Crippen molar-refractivity contribution < 1.29 is 4.79 Å². The Balaban J connectivity index is 2.13. The Bertz CT molecular complexity index is 522. The number of nitrogens with zero attached hydrogens (tertiary/aromatic N) is 2. The molecule has 18 heavy (non-hydrogen) atoms.